The molecule has 0 atom stereocenters. The molecule has 25 heavy (non-hydrogen) atoms. The maximum atomic E-state index is 11.9. The average molecular weight is 363 g/mol. The van der Waals surface area contributed by atoms with Crippen molar-refractivity contribution in [2.45, 2.75) is 0 Å². The predicted molar refractivity (Wildman–Crippen MR) is 92.6 cm³/mol. The maximum absolute atomic E-state index is 11.9. The lowest BCUT2D eigenvalue weighted by molar-refractivity contribution is -0.119. The van der Waals surface area contributed by atoms with Crippen molar-refractivity contribution in [2.24, 2.45) is 0 Å². The van der Waals surface area contributed by atoms with Gasteiger partial charge in [-0.05, 0) is 42.5 Å². The molecule has 0 unspecified atom stereocenters. The fourth-order valence-electron chi connectivity index (χ4n) is 1.92. The Labute approximate surface area is 148 Å². The van der Waals surface area contributed by atoms with Crippen LogP contribution >= 0.6 is 11.6 Å². The van der Waals surface area contributed by atoms with Crippen molar-refractivity contribution in [3.63, 3.8) is 0 Å². The first-order chi connectivity index (χ1) is 11.9. The largest absolute Gasteiger partial charge is 0.465 e. The Bertz CT molecular complexity index is 805. The molecule has 2 rings (SSSR count). The number of halogens is 1. The predicted octanol–water partition coefficient (Wildman–Crippen LogP) is 2.50. The van der Waals surface area contributed by atoms with E-state index >= 15 is 0 Å². The SMILES string of the molecule is COC(=O)c1ccc(NC(=O)COC(=O)c2cc(Cl)ccc2N)cc1. The summed E-state index contributed by atoms with van der Waals surface area (Å²) in [6.07, 6.45) is 0. The first-order valence-corrected chi connectivity index (χ1v) is 7.49. The number of anilines is 2. The summed E-state index contributed by atoms with van der Waals surface area (Å²) in [5.74, 6) is -1.78. The Morgan fingerprint density at radius 3 is 2.40 bits per heavy atom. The quantitative estimate of drug-likeness (QED) is 0.625. The van der Waals surface area contributed by atoms with Crippen LogP contribution in [0.2, 0.25) is 5.02 Å². The molecule has 0 spiro atoms. The number of nitrogen functional groups attached to an aromatic ring is 1. The van der Waals surface area contributed by atoms with Gasteiger partial charge in [-0.2, -0.15) is 0 Å². The topological polar surface area (TPSA) is 108 Å². The van der Waals surface area contributed by atoms with Crippen molar-refractivity contribution < 1.29 is 23.9 Å². The van der Waals surface area contributed by atoms with E-state index in [4.69, 9.17) is 22.1 Å². The van der Waals surface area contributed by atoms with Crippen molar-refractivity contribution in [3.05, 3.63) is 58.6 Å². The van der Waals surface area contributed by atoms with Crippen molar-refractivity contribution >= 4 is 40.8 Å². The Morgan fingerprint density at radius 2 is 1.76 bits per heavy atom. The van der Waals surface area contributed by atoms with Gasteiger partial charge in [0.25, 0.3) is 5.91 Å². The van der Waals surface area contributed by atoms with Crippen LogP contribution in [-0.4, -0.2) is 31.6 Å². The van der Waals surface area contributed by atoms with E-state index in [1.165, 1.54) is 43.5 Å². The van der Waals surface area contributed by atoms with E-state index in [0.29, 0.717) is 16.3 Å². The number of rotatable bonds is 5. The van der Waals surface area contributed by atoms with Gasteiger partial charge in [-0.25, -0.2) is 9.59 Å². The van der Waals surface area contributed by atoms with Gasteiger partial charge in [-0.3, -0.25) is 4.79 Å². The lowest BCUT2D eigenvalue weighted by atomic mass is 10.2. The van der Waals surface area contributed by atoms with Gasteiger partial charge in [0.15, 0.2) is 6.61 Å². The fourth-order valence-corrected chi connectivity index (χ4v) is 2.09. The van der Waals surface area contributed by atoms with Gasteiger partial charge in [0.05, 0.1) is 18.2 Å². The molecule has 0 aliphatic heterocycles. The van der Waals surface area contributed by atoms with Crippen LogP contribution in [0.4, 0.5) is 11.4 Å². The number of methoxy groups -OCH3 is 1. The van der Waals surface area contributed by atoms with Crippen LogP contribution in [0, 0.1) is 0 Å². The summed E-state index contributed by atoms with van der Waals surface area (Å²) in [6, 6.07) is 10.4. The molecule has 0 saturated carbocycles. The van der Waals surface area contributed by atoms with Crippen molar-refractivity contribution in [1.82, 2.24) is 0 Å². The third-order valence-electron chi connectivity index (χ3n) is 3.16. The van der Waals surface area contributed by atoms with E-state index in [2.05, 4.69) is 10.1 Å². The number of carbonyl (C=O) groups is 3. The third-order valence-corrected chi connectivity index (χ3v) is 3.39. The Balaban J connectivity index is 1.91. The number of nitrogens with one attached hydrogen (secondary N) is 1. The van der Waals surface area contributed by atoms with E-state index in [1.54, 1.807) is 6.07 Å². The molecule has 8 heteroatoms. The van der Waals surface area contributed by atoms with Gasteiger partial charge in [-0.1, -0.05) is 11.6 Å². The third kappa shape index (κ3) is 4.95. The highest BCUT2D eigenvalue weighted by atomic mass is 35.5. The van der Waals surface area contributed by atoms with E-state index in [-0.39, 0.29) is 11.3 Å². The van der Waals surface area contributed by atoms with Crippen LogP contribution in [0.1, 0.15) is 20.7 Å². The molecule has 0 radical (unpaired) electrons. The molecule has 2 aromatic carbocycles. The van der Waals surface area contributed by atoms with Gasteiger partial charge < -0.3 is 20.5 Å². The van der Waals surface area contributed by atoms with Crippen LogP contribution < -0.4 is 11.1 Å². The maximum Gasteiger partial charge on any atom is 0.340 e. The van der Waals surface area contributed by atoms with Crippen LogP contribution in [0.3, 0.4) is 0 Å². The number of hydrogen-bond acceptors (Lipinski definition) is 6. The van der Waals surface area contributed by atoms with Crippen molar-refractivity contribution in [1.29, 1.82) is 0 Å². The molecular formula is C17H15ClN2O5. The Hall–Kier alpha value is -3.06. The second kappa shape index (κ2) is 8.16. The zero-order valence-corrected chi connectivity index (χ0v) is 14.0. The number of amides is 1. The average Bonchev–Trinajstić information content (AvgIpc) is 2.61. The summed E-state index contributed by atoms with van der Waals surface area (Å²) in [6.45, 7) is -0.496. The summed E-state index contributed by atoms with van der Waals surface area (Å²) in [5.41, 5.74) is 6.75. The molecule has 0 aliphatic carbocycles. The molecule has 1 amide bonds. The minimum atomic E-state index is -0.754. The van der Waals surface area contributed by atoms with Gasteiger partial charge >= 0.3 is 11.9 Å². The highest BCUT2D eigenvalue weighted by molar-refractivity contribution is 6.31. The molecule has 7 nitrogen and oxygen atoms in total. The fraction of sp³-hybridized carbons (Fsp3) is 0.118. The van der Waals surface area contributed by atoms with Crippen LogP contribution in [0.5, 0.6) is 0 Å². The highest BCUT2D eigenvalue weighted by Crippen LogP contribution is 2.18. The number of ether oxygens (including phenoxy) is 2. The molecular weight excluding hydrogens is 348 g/mol. The second-order valence-electron chi connectivity index (χ2n) is 4.92. The van der Waals surface area contributed by atoms with Gasteiger partial charge in [0.2, 0.25) is 0 Å². The van der Waals surface area contributed by atoms with E-state index < -0.39 is 24.5 Å². The minimum Gasteiger partial charge on any atom is -0.465 e. The molecule has 0 bridgehead atoms. The molecule has 130 valence electrons. The molecule has 0 fully saturated rings. The van der Waals surface area contributed by atoms with Crippen molar-refractivity contribution in [2.75, 3.05) is 24.8 Å². The van der Waals surface area contributed by atoms with E-state index in [1.807, 2.05) is 0 Å². The van der Waals surface area contributed by atoms with Crippen LogP contribution in [-0.2, 0) is 14.3 Å². The Kier molecular flexibility index (Phi) is 5.97. The van der Waals surface area contributed by atoms with Gasteiger partial charge in [0, 0.05) is 16.4 Å². The normalized spacial score (nSPS) is 10.0. The molecule has 2 aromatic rings. The first-order valence-electron chi connectivity index (χ1n) is 7.11. The Morgan fingerprint density at radius 1 is 1.08 bits per heavy atom. The van der Waals surface area contributed by atoms with Crippen molar-refractivity contribution in [3.8, 4) is 0 Å². The van der Waals surface area contributed by atoms with E-state index in [0.717, 1.165) is 0 Å². The number of nitrogens with two attached hydrogens (primary N) is 1. The zero-order valence-electron chi connectivity index (χ0n) is 13.2. The summed E-state index contributed by atoms with van der Waals surface area (Å²) in [7, 11) is 1.28. The second-order valence-corrected chi connectivity index (χ2v) is 5.36. The molecule has 0 heterocycles. The summed E-state index contributed by atoms with van der Waals surface area (Å²) < 4.78 is 9.49. The summed E-state index contributed by atoms with van der Waals surface area (Å²) in [4.78, 5) is 35.1. The number of esters is 2. The van der Waals surface area contributed by atoms with E-state index in [9.17, 15) is 14.4 Å². The highest BCUT2D eigenvalue weighted by Gasteiger charge is 2.14. The monoisotopic (exact) mass is 362 g/mol. The number of carbonyl (C=O) groups excluding carboxylic acids is 3. The first kappa shape index (κ1) is 18.3. The summed E-state index contributed by atoms with van der Waals surface area (Å²) >= 11 is 5.80. The molecule has 0 saturated heterocycles. The van der Waals surface area contributed by atoms with Gasteiger partial charge in [0.1, 0.15) is 0 Å². The lowest BCUT2D eigenvalue weighted by Gasteiger charge is -2.08. The van der Waals surface area contributed by atoms with Crippen LogP contribution in [0.15, 0.2) is 42.5 Å². The number of benzene rings is 2. The van der Waals surface area contributed by atoms with Gasteiger partial charge in [-0.15, -0.1) is 0 Å². The molecule has 3 N–H and O–H groups in total. The molecule has 0 aromatic heterocycles. The molecule has 0 aliphatic rings. The minimum absolute atomic E-state index is 0.0859. The standard InChI is InChI=1S/C17H15ClN2O5/c1-24-16(22)10-2-5-12(6-3-10)20-15(21)9-25-17(23)13-8-11(18)4-7-14(13)19/h2-8H,9,19H2,1H3,(H,20,21). The smallest absolute Gasteiger partial charge is 0.340 e. The number of hydrogen-bond donors (Lipinski definition) is 2. The summed E-state index contributed by atoms with van der Waals surface area (Å²) in [5, 5.41) is 2.86. The zero-order chi connectivity index (χ0) is 18.4. The lowest BCUT2D eigenvalue weighted by Crippen LogP contribution is -2.21. The van der Waals surface area contributed by atoms with Crippen LogP contribution in [0.25, 0.3) is 0 Å².